The van der Waals surface area contributed by atoms with E-state index in [0.29, 0.717) is 0 Å². The lowest BCUT2D eigenvalue weighted by molar-refractivity contribution is 0.671. The Morgan fingerprint density at radius 1 is 0.857 bits per heavy atom. The predicted molar refractivity (Wildman–Crippen MR) is 64.5 cm³/mol. The minimum absolute atomic E-state index is 1.26. The fraction of sp³-hybridized carbons (Fsp3) is 0.714. The first kappa shape index (κ1) is 11.6. The molecule has 1 aliphatic carbocycles. The van der Waals surface area contributed by atoms with Gasteiger partial charge in [-0.3, -0.25) is 0 Å². The molecule has 0 heterocycles. The van der Waals surface area contributed by atoms with Crippen molar-refractivity contribution in [3.8, 4) is 0 Å². The van der Waals surface area contributed by atoms with Crippen LogP contribution >= 0.6 is 0 Å². The Hall–Kier alpha value is -0.520. The van der Waals surface area contributed by atoms with Crippen molar-refractivity contribution in [2.24, 2.45) is 0 Å². The summed E-state index contributed by atoms with van der Waals surface area (Å²) in [6.07, 6.45) is 15.5. The van der Waals surface area contributed by atoms with Crippen LogP contribution < -0.4 is 0 Å². The van der Waals surface area contributed by atoms with Crippen LogP contribution in [0, 0.1) is 0 Å². The molecule has 0 aromatic rings. The van der Waals surface area contributed by atoms with Crippen LogP contribution in [0.25, 0.3) is 0 Å². The average molecular weight is 192 g/mol. The predicted octanol–water partition coefficient (Wildman–Crippen LogP) is 5.01. The fourth-order valence-corrected chi connectivity index (χ4v) is 2.06. The highest BCUT2D eigenvalue weighted by atomic mass is 14.2. The largest absolute Gasteiger partial charge is 0.0811 e. The van der Waals surface area contributed by atoms with Crippen LogP contribution in [0.3, 0.4) is 0 Å². The SMILES string of the molecule is CCCC=C1CCCC/C1=C\CCC. The van der Waals surface area contributed by atoms with Gasteiger partial charge in [-0.1, -0.05) is 38.8 Å². The molecule has 0 aliphatic heterocycles. The molecule has 1 fully saturated rings. The van der Waals surface area contributed by atoms with E-state index in [1.54, 1.807) is 11.1 Å². The van der Waals surface area contributed by atoms with E-state index in [4.69, 9.17) is 0 Å². The lowest BCUT2D eigenvalue weighted by Crippen LogP contribution is -1.98. The normalized spacial score (nSPS) is 23.3. The average Bonchev–Trinajstić information content (AvgIpc) is 2.24. The van der Waals surface area contributed by atoms with E-state index in [1.807, 2.05) is 0 Å². The minimum atomic E-state index is 1.26. The van der Waals surface area contributed by atoms with Gasteiger partial charge in [0.1, 0.15) is 0 Å². The monoisotopic (exact) mass is 192 g/mol. The zero-order valence-electron chi connectivity index (χ0n) is 9.81. The zero-order valence-corrected chi connectivity index (χ0v) is 9.81. The molecule has 0 aromatic carbocycles. The summed E-state index contributed by atoms with van der Waals surface area (Å²) >= 11 is 0. The molecule has 80 valence electrons. The van der Waals surface area contributed by atoms with Gasteiger partial charge >= 0.3 is 0 Å². The van der Waals surface area contributed by atoms with E-state index >= 15 is 0 Å². The van der Waals surface area contributed by atoms with Gasteiger partial charge in [-0.25, -0.2) is 0 Å². The highest BCUT2D eigenvalue weighted by molar-refractivity contribution is 5.32. The molecular formula is C14H24. The lowest BCUT2D eigenvalue weighted by atomic mass is 9.88. The summed E-state index contributed by atoms with van der Waals surface area (Å²) in [5, 5.41) is 0. The first-order chi connectivity index (χ1) is 6.88. The lowest BCUT2D eigenvalue weighted by Gasteiger charge is -2.18. The molecule has 1 rings (SSSR count). The van der Waals surface area contributed by atoms with Crippen LogP contribution in [0.5, 0.6) is 0 Å². The van der Waals surface area contributed by atoms with Gasteiger partial charge in [0.15, 0.2) is 0 Å². The number of unbranched alkanes of at least 4 members (excludes halogenated alkanes) is 2. The molecule has 1 saturated carbocycles. The van der Waals surface area contributed by atoms with Crippen LogP contribution in [-0.4, -0.2) is 0 Å². The van der Waals surface area contributed by atoms with Gasteiger partial charge in [-0.15, -0.1) is 0 Å². The Morgan fingerprint density at radius 2 is 1.29 bits per heavy atom. The van der Waals surface area contributed by atoms with Crippen LogP contribution in [0.1, 0.15) is 65.2 Å². The first-order valence-electron chi connectivity index (χ1n) is 6.27. The number of hydrogen-bond donors (Lipinski definition) is 0. The molecule has 0 atom stereocenters. The molecule has 0 heteroatoms. The fourth-order valence-electron chi connectivity index (χ4n) is 2.06. The summed E-state index contributed by atoms with van der Waals surface area (Å²) in [6, 6.07) is 0. The third-order valence-corrected chi connectivity index (χ3v) is 2.91. The standard InChI is InChI=1S/C14H24/c1-3-5-9-13-11-7-8-12-14(13)10-6-4-2/h9-10H,3-8,11-12H2,1-2H3/b13-9+,14-10?. The molecule has 0 radical (unpaired) electrons. The summed E-state index contributed by atoms with van der Waals surface area (Å²) in [5.74, 6) is 0. The van der Waals surface area contributed by atoms with Crippen molar-refractivity contribution in [3.63, 3.8) is 0 Å². The van der Waals surface area contributed by atoms with E-state index in [1.165, 1.54) is 51.4 Å². The first-order valence-corrected chi connectivity index (χ1v) is 6.27. The number of hydrogen-bond acceptors (Lipinski definition) is 0. The van der Waals surface area contributed by atoms with Crippen LogP contribution in [0.15, 0.2) is 23.3 Å². The van der Waals surface area contributed by atoms with Crippen LogP contribution in [0.2, 0.25) is 0 Å². The van der Waals surface area contributed by atoms with E-state index in [9.17, 15) is 0 Å². The van der Waals surface area contributed by atoms with E-state index in [0.717, 1.165) is 0 Å². The second-order valence-corrected chi connectivity index (χ2v) is 4.24. The van der Waals surface area contributed by atoms with E-state index in [-0.39, 0.29) is 0 Å². The Kier molecular flexibility index (Phi) is 5.66. The van der Waals surface area contributed by atoms with Crippen LogP contribution in [0.4, 0.5) is 0 Å². The second kappa shape index (κ2) is 6.86. The van der Waals surface area contributed by atoms with E-state index < -0.39 is 0 Å². The zero-order chi connectivity index (χ0) is 10.2. The summed E-state index contributed by atoms with van der Waals surface area (Å²) in [7, 11) is 0. The highest BCUT2D eigenvalue weighted by Crippen LogP contribution is 2.29. The number of rotatable bonds is 4. The maximum absolute atomic E-state index is 2.47. The molecule has 1 aliphatic rings. The quantitative estimate of drug-likeness (QED) is 0.587. The molecule has 0 aromatic heterocycles. The van der Waals surface area contributed by atoms with Crippen molar-refractivity contribution >= 4 is 0 Å². The highest BCUT2D eigenvalue weighted by Gasteiger charge is 2.10. The Labute approximate surface area is 89.1 Å². The third-order valence-electron chi connectivity index (χ3n) is 2.91. The minimum Gasteiger partial charge on any atom is -0.0811 e. The molecule has 0 nitrogen and oxygen atoms in total. The van der Waals surface area contributed by atoms with Crippen molar-refractivity contribution in [3.05, 3.63) is 23.3 Å². The van der Waals surface area contributed by atoms with Gasteiger partial charge in [0.05, 0.1) is 0 Å². The molecule has 0 amide bonds. The molecule has 0 bridgehead atoms. The Bertz CT molecular complexity index is 184. The van der Waals surface area contributed by atoms with Gasteiger partial charge < -0.3 is 0 Å². The molecule has 0 N–H and O–H groups in total. The maximum Gasteiger partial charge on any atom is -0.0279 e. The van der Waals surface area contributed by atoms with Crippen molar-refractivity contribution in [2.75, 3.05) is 0 Å². The van der Waals surface area contributed by atoms with Gasteiger partial charge in [0, 0.05) is 0 Å². The Morgan fingerprint density at radius 3 is 1.64 bits per heavy atom. The maximum atomic E-state index is 2.47. The Balaban J connectivity index is 2.58. The van der Waals surface area contributed by atoms with Gasteiger partial charge in [0.25, 0.3) is 0 Å². The molecular weight excluding hydrogens is 168 g/mol. The summed E-state index contributed by atoms with van der Waals surface area (Å²) in [4.78, 5) is 0. The summed E-state index contributed by atoms with van der Waals surface area (Å²) in [5.41, 5.74) is 3.32. The number of allylic oxidation sites excluding steroid dienone is 4. The second-order valence-electron chi connectivity index (χ2n) is 4.24. The van der Waals surface area contributed by atoms with Crippen molar-refractivity contribution < 1.29 is 0 Å². The van der Waals surface area contributed by atoms with Crippen molar-refractivity contribution in [1.82, 2.24) is 0 Å². The molecule has 14 heavy (non-hydrogen) atoms. The molecule has 0 spiro atoms. The van der Waals surface area contributed by atoms with Crippen molar-refractivity contribution in [2.45, 2.75) is 65.2 Å². The van der Waals surface area contributed by atoms with Gasteiger partial charge in [-0.2, -0.15) is 0 Å². The molecule has 0 saturated heterocycles. The van der Waals surface area contributed by atoms with Gasteiger partial charge in [0.2, 0.25) is 0 Å². The topological polar surface area (TPSA) is 0 Å². The smallest absolute Gasteiger partial charge is 0.0279 e. The van der Waals surface area contributed by atoms with E-state index in [2.05, 4.69) is 26.0 Å². The molecule has 0 unspecified atom stereocenters. The van der Waals surface area contributed by atoms with Crippen molar-refractivity contribution in [1.29, 1.82) is 0 Å². The summed E-state index contributed by atoms with van der Waals surface area (Å²) in [6.45, 7) is 4.52. The summed E-state index contributed by atoms with van der Waals surface area (Å²) < 4.78 is 0. The third kappa shape index (κ3) is 3.69. The van der Waals surface area contributed by atoms with Crippen LogP contribution in [-0.2, 0) is 0 Å². The van der Waals surface area contributed by atoms with Gasteiger partial charge in [-0.05, 0) is 49.7 Å².